The summed E-state index contributed by atoms with van der Waals surface area (Å²) in [7, 11) is 1.92. The number of aromatic nitrogens is 5. The zero-order valence-electron chi connectivity index (χ0n) is 22.0. The van der Waals surface area contributed by atoms with Gasteiger partial charge < -0.3 is 14.5 Å². The Kier molecular flexibility index (Phi) is 6.01. The smallest absolute Gasteiger partial charge is 0.157 e. The zero-order chi connectivity index (χ0) is 26.3. The van der Waals surface area contributed by atoms with Crippen LogP contribution in [0, 0.1) is 5.82 Å². The highest BCUT2D eigenvalue weighted by Crippen LogP contribution is 2.37. The maximum Gasteiger partial charge on any atom is 0.157 e. The van der Waals surface area contributed by atoms with Crippen LogP contribution in [0.25, 0.3) is 38.9 Å². The molecule has 1 fully saturated rings. The summed E-state index contributed by atoms with van der Waals surface area (Å²) in [5.41, 5.74) is 7.11. The highest BCUT2D eigenvalue weighted by atomic mass is 19.1. The van der Waals surface area contributed by atoms with E-state index in [2.05, 4.69) is 79.4 Å². The average Bonchev–Trinajstić information content (AvgIpc) is 3.69. The molecule has 4 heterocycles. The summed E-state index contributed by atoms with van der Waals surface area (Å²) in [5, 5.41) is 6.83. The van der Waals surface area contributed by atoms with Crippen molar-refractivity contribution in [3.63, 3.8) is 0 Å². The van der Waals surface area contributed by atoms with Gasteiger partial charge in [-0.1, -0.05) is 18.2 Å². The molecule has 1 aliphatic rings. The van der Waals surface area contributed by atoms with E-state index >= 15 is 0 Å². The van der Waals surface area contributed by atoms with Crippen LogP contribution in [0.1, 0.15) is 29.9 Å². The summed E-state index contributed by atoms with van der Waals surface area (Å²) >= 11 is 0. The van der Waals surface area contributed by atoms with Crippen LogP contribution in [0.2, 0.25) is 0 Å². The van der Waals surface area contributed by atoms with E-state index in [9.17, 15) is 4.39 Å². The predicted molar refractivity (Wildman–Crippen MR) is 154 cm³/mol. The predicted octanol–water partition coefficient (Wildman–Crippen LogP) is 6.47. The molecule has 0 unspecified atom stereocenters. The Morgan fingerprint density at radius 2 is 1.79 bits per heavy atom. The third-order valence-electron chi connectivity index (χ3n) is 8.31. The molecule has 1 saturated heterocycles. The number of aromatic amines is 1. The number of H-pyrrole nitrogens is 1. The van der Waals surface area contributed by atoms with Gasteiger partial charge in [0.2, 0.25) is 0 Å². The van der Waals surface area contributed by atoms with Crippen molar-refractivity contribution in [1.29, 1.82) is 0 Å². The number of nitrogens with one attached hydrogen (secondary N) is 1. The Morgan fingerprint density at radius 1 is 0.974 bits per heavy atom. The Morgan fingerprint density at radius 3 is 2.59 bits per heavy atom. The van der Waals surface area contributed by atoms with Crippen molar-refractivity contribution in [3.05, 3.63) is 102 Å². The summed E-state index contributed by atoms with van der Waals surface area (Å²) in [5.74, 6) is 1.10. The Balaban J connectivity index is 1.15. The first-order valence-electron chi connectivity index (χ1n) is 13.7. The molecule has 39 heavy (non-hydrogen) atoms. The number of halogens is 1. The van der Waals surface area contributed by atoms with Crippen molar-refractivity contribution in [1.82, 2.24) is 29.2 Å². The van der Waals surface area contributed by atoms with Crippen molar-refractivity contribution in [2.24, 2.45) is 7.05 Å². The van der Waals surface area contributed by atoms with Crippen LogP contribution in [0.4, 0.5) is 4.39 Å². The number of nitrogens with zero attached hydrogens (tertiary/aromatic N) is 5. The highest BCUT2D eigenvalue weighted by Gasteiger charge is 2.25. The lowest BCUT2D eigenvalue weighted by Gasteiger charge is -2.32. The van der Waals surface area contributed by atoms with E-state index in [1.54, 1.807) is 6.33 Å². The Labute approximate surface area is 226 Å². The number of fused-ring (bicyclic) bond motifs is 2. The Bertz CT molecular complexity index is 1750. The Hall–Kier alpha value is -4.23. The van der Waals surface area contributed by atoms with Crippen molar-refractivity contribution in [3.8, 4) is 17.1 Å². The van der Waals surface area contributed by atoms with Crippen LogP contribution in [-0.4, -0.2) is 48.8 Å². The number of likely N-dealkylation sites (tertiary alicyclic amines) is 1. The van der Waals surface area contributed by atoms with Gasteiger partial charge in [0.25, 0.3) is 0 Å². The number of piperidine rings is 1. The largest absolute Gasteiger partial charge is 0.361 e. The van der Waals surface area contributed by atoms with E-state index in [1.807, 2.05) is 23.9 Å². The first kappa shape index (κ1) is 23.9. The van der Waals surface area contributed by atoms with Gasteiger partial charge in [-0.15, -0.1) is 0 Å². The lowest BCUT2D eigenvalue weighted by Crippen LogP contribution is -2.34. The lowest BCUT2D eigenvalue weighted by atomic mass is 9.88. The molecule has 6 nitrogen and oxygen atoms in total. The molecule has 0 saturated carbocycles. The van der Waals surface area contributed by atoms with Gasteiger partial charge in [-0.05, 0) is 97.9 Å². The van der Waals surface area contributed by atoms with Gasteiger partial charge >= 0.3 is 0 Å². The van der Waals surface area contributed by atoms with Crippen LogP contribution < -0.4 is 0 Å². The van der Waals surface area contributed by atoms with Crippen LogP contribution in [0.5, 0.6) is 0 Å². The summed E-state index contributed by atoms with van der Waals surface area (Å²) in [6, 6.07) is 21.8. The maximum absolute atomic E-state index is 13.7. The molecule has 1 aliphatic heterocycles. The van der Waals surface area contributed by atoms with Gasteiger partial charge in [0, 0.05) is 53.5 Å². The minimum Gasteiger partial charge on any atom is -0.361 e. The standard InChI is InChI=1S/C32H31FN6/c1-37-32(35-21-36-37)23-6-11-31-28(18-23)29(20-39(31)26-9-7-25(33)8-10-26)22-12-15-38(16-13-22)17-14-24-19-34-30-5-3-2-4-27(24)30/h2-11,18-22,34H,12-17H2,1H3. The fourth-order valence-electron chi connectivity index (χ4n) is 6.18. The van der Waals surface area contributed by atoms with Gasteiger partial charge in [-0.25, -0.2) is 14.1 Å². The highest BCUT2D eigenvalue weighted by molar-refractivity contribution is 5.90. The molecule has 0 aliphatic carbocycles. The fourth-order valence-corrected chi connectivity index (χ4v) is 6.18. The second-order valence-electron chi connectivity index (χ2n) is 10.6. The molecule has 3 aromatic heterocycles. The van der Waals surface area contributed by atoms with Crippen LogP contribution >= 0.6 is 0 Å². The van der Waals surface area contributed by atoms with Crippen LogP contribution in [-0.2, 0) is 13.5 Å². The number of hydrogen-bond donors (Lipinski definition) is 1. The molecule has 0 radical (unpaired) electrons. The zero-order valence-corrected chi connectivity index (χ0v) is 22.0. The van der Waals surface area contributed by atoms with Crippen molar-refractivity contribution < 1.29 is 4.39 Å². The normalized spacial score (nSPS) is 15.0. The van der Waals surface area contributed by atoms with Crippen molar-refractivity contribution >= 4 is 21.8 Å². The molecule has 3 aromatic carbocycles. The summed E-state index contributed by atoms with van der Waals surface area (Å²) in [4.78, 5) is 10.5. The second-order valence-corrected chi connectivity index (χ2v) is 10.6. The molecule has 7 rings (SSSR count). The number of benzene rings is 3. The summed E-state index contributed by atoms with van der Waals surface area (Å²) in [6.07, 6.45) is 9.31. The maximum atomic E-state index is 13.7. The minimum atomic E-state index is -0.222. The van der Waals surface area contributed by atoms with Crippen LogP contribution in [0.3, 0.4) is 0 Å². The molecule has 0 atom stereocenters. The van der Waals surface area contributed by atoms with Gasteiger partial charge in [0.1, 0.15) is 12.1 Å². The quantitative estimate of drug-likeness (QED) is 0.275. The molecular formula is C32H31FN6. The SMILES string of the molecule is Cn1ncnc1-c1ccc2c(c1)c(C1CCN(CCc3c[nH]c4ccccc34)CC1)cn2-c1ccc(F)cc1. The van der Waals surface area contributed by atoms with Crippen molar-refractivity contribution in [2.45, 2.75) is 25.2 Å². The summed E-state index contributed by atoms with van der Waals surface area (Å²) in [6.45, 7) is 3.24. The van der Waals surface area contributed by atoms with E-state index in [1.165, 1.54) is 39.5 Å². The van der Waals surface area contributed by atoms with Crippen molar-refractivity contribution in [2.75, 3.05) is 19.6 Å². The average molecular weight is 519 g/mol. The van der Waals surface area contributed by atoms with Gasteiger partial charge in [0.15, 0.2) is 5.82 Å². The third kappa shape index (κ3) is 4.42. The molecule has 196 valence electrons. The molecule has 6 aromatic rings. The van der Waals surface area contributed by atoms with Gasteiger partial charge in [-0.2, -0.15) is 5.10 Å². The topological polar surface area (TPSA) is 54.7 Å². The van der Waals surface area contributed by atoms with Crippen LogP contribution in [0.15, 0.2) is 85.5 Å². The lowest BCUT2D eigenvalue weighted by molar-refractivity contribution is 0.215. The first-order valence-corrected chi connectivity index (χ1v) is 13.7. The molecule has 7 heteroatoms. The van der Waals surface area contributed by atoms with E-state index in [-0.39, 0.29) is 5.82 Å². The monoisotopic (exact) mass is 518 g/mol. The third-order valence-corrected chi connectivity index (χ3v) is 8.31. The molecule has 0 amide bonds. The second kappa shape index (κ2) is 9.82. The first-order chi connectivity index (χ1) is 19.1. The van der Waals surface area contributed by atoms with E-state index in [0.29, 0.717) is 5.92 Å². The van der Waals surface area contributed by atoms with E-state index in [0.717, 1.165) is 61.5 Å². The van der Waals surface area contributed by atoms with E-state index < -0.39 is 0 Å². The van der Waals surface area contributed by atoms with Gasteiger partial charge in [0.05, 0.1) is 5.52 Å². The fraction of sp³-hybridized carbons (Fsp3) is 0.250. The van der Waals surface area contributed by atoms with E-state index in [4.69, 9.17) is 0 Å². The molecular weight excluding hydrogens is 487 g/mol. The minimum absolute atomic E-state index is 0.222. The number of rotatable bonds is 6. The molecule has 0 bridgehead atoms. The summed E-state index contributed by atoms with van der Waals surface area (Å²) < 4.78 is 17.7. The number of para-hydroxylation sites is 1. The molecule has 0 spiro atoms. The van der Waals surface area contributed by atoms with Gasteiger partial charge in [-0.3, -0.25) is 0 Å². The number of hydrogen-bond acceptors (Lipinski definition) is 3. The molecule has 1 N–H and O–H groups in total. The number of aryl methyl sites for hydroxylation is 1.